The number of carbonyl (C=O) groups is 2. The lowest BCUT2D eigenvalue weighted by Crippen LogP contribution is -2.25. The average Bonchev–Trinajstić information content (AvgIpc) is 2.66. The molecule has 4 unspecified atom stereocenters. The summed E-state index contributed by atoms with van der Waals surface area (Å²) in [6, 6.07) is 0. The SMILES string of the molecule is C=C/C=C/CC(C=C)C(C)OC(=O)CCC(=O)OC(C)C(C=C)C/C=C/C=C. The first-order chi connectivity index (χ1) is 13.4. The van der Waals surface area contributed by atoms with Crippen LogP contribution in [0.2, 0.25) is 0 Å². The molecule has 4 nitrogen and oxygen atoms in total. The highest BCUT2D eigenvalue weighted by molar-refractivity contribution is 5.77. The molecule has 0 fully saturated rings. The number of esters is 2. The molecule has 0 N–H and O–H groups in total. The van der Waals surface area contributed by atoms with Gasteiger partial charge in [-0.05, 0) is 26.7 Å². The van der Waals surface area contributed by atoms with Gasteiger partial charge in [0.1, 0.15) is 12.2 Å². The van der Waals surface area contributed by atoms with Crippen molar-refractivity contribution in [3.05, 3.63) is 74.9 Å². The van der Waals surface area contributed by atoms with E-state index in [1.807, 2.05) is 38.2 Å². The molecule has 0 aromatic carbocycles. The Hall–Kier alpha value is -2.62. The Morgan fingerprint density at radius 3 is 1.39 bits per heavy atom. The molecule has 0 rings (SSSR count). The summed E-state index contributed by atoms with van der Waals surface area (Å²) in [5.41, 5.74) is 0. The van der Waals surface area contributed by atoms with E-state index in [4.69, 9.17) is 9.47 Å². The van der Waals surface area contributed by atoms with Crippen LogP contribution >= 0.6 is 0 Å². The fourth-order valence-electron chi connectivity index (χ4n) is 2.53. The van der Waals surface area contributed by atoms with Gasteiger partial charge in [0, 0.05) is 11.8 Å². The Morgan fingerprint density at radius 1 is 0.750 bits per heavy atom. The number of hydrogen-bond donors (Lipinski definition) is 0. The zero-order valence-electron chi connectivity index (χ0n) is 17.2. The van der Waals surface area contributed by atoms with Crippen molar-refractivity contribution in [3.63, 3.8) is 0 Å². The highest BCUT2D eigenvalue weighted by Gasteiger charge is 2.20. The molecule has 0 saturated heterocycles. The van der Waals surface area contributed by atoms with Crippen LogP contribution < -0.4 is 0 Å². The van der Waals surface area contributed by atoms with E-state index in [2.05, 4.69) is 26.3 Å². The normalized spacial score (nSPS) is 15.4. The first kappa shape index (κ1) is 25.4. The number of carbonyl (C=O) groups excluding carboxylic acids is 2. The molecule has 0 aromatic rings. The fraction of sp³-hybridized carbons (Fsp3) is 0.417. The van der Waals surface area contributed by atoms with Crippen molar-refractivity contribution in [1.82, 2.24) is 0 Å². The molecular weight excluding hydrogens is 352 g/mol. The molecule has 0 radical (unpaired) electrons. The van der Waals surface area contributed by atoms with Gasteiger partial charge in [0.25, 0.3) is 0 Å². The summed E-state index contributed by atoms with van der Waals surface area (Å²) in [4.78, 5) is 24.1. The van der Waals surface area contributed by atoms with E-state index < -0.39 is 11.9 Å². The second kappa shape index (κ2) is 15.4. The van der Waals surface area contributed by atoms with Crippen LogP contribution in [0.15, 0.2) is 74.9 Å². The van der Waals surface area contributed by atoms with E-state index in [1.54, 1.807) is 24.3 Å². The van der Waals surface area contributed by atoms with Gasteiger partial charge in [-0.25, -0.2) is 0 Å². The number of rotatable bonds is 15. The highest BCUT2D eigenvalue weighted by Crippen LogP contribution is 2.17. The van der Waals surface area contributed by atoms with Gasteiger partial charge in [0.05, 0.1) is 12.8 Å². The number of allylic oxidation sites excluding steroid dienone is 6. The molecule has 0 aliphatic heterocycles. The minimum Gasteiger partial charge on any atom is -0.462 e. The third-order valence-corrected chi connectivity index (χ3v) is 4.34. The van der Waals surface area contributed by atoms with Crippen molar-refractivity contribution in [2.45, 2.75) is 51.7 Å². The Bertz CT molecular complexity index is 533. The lowest BCUT2D eigenvalue weighted by molar-refractivity contribution is -0.156. The average molecular weight is 387 g/mol. The predicted octanol–water partition coefficient (Wildman–Crippen LogP) is 5.50. The third-order valence-electron chi connectivity index (χ3n) is 4.34. The van der Waals surface area contributed by atoms with Crippen molar-refractivity contribution in [2.24, 2.45) is 11.8 Å². The molecule has 0 spiro atoms. The summed E-state index contributed by atoms with van der Waals surface area (Å²) in [6.07, 6.45) is 15.2. The lowest BCUT2D eigenvalue weighted by Gasteiger charge is -2.21. The first-order valence-corrected chi connectivity index (χ1v) is 9.58. The van der Waals surface area contributed by atoms with E-state index in [9.17, 15) is 9.59 Å². The fourth-order valence-corrected chi connectivity index (χ4v) is 2.53. The summed E-state index contributed by atoms with van der Waals surface area (Å²) in [6.45, 7) is 18.4. The van der Waals surface area contributed by atoms with Gasteiger partial charge in [0.2, 0.25) is 0 Å². The van der Waals surface area contributed by atoms with Crippen LogP contribution in [-0.2, 0) is 19.1 Å². The summed E-state index contributed by atoms with van der Waals surface area (Å²) >= 11 is 0. The van der Waals surface area contributed by atoms with Crippen LogP contribution in [0.5, 0.6) is 0 Å². The molecule has 0 bridgehead atoms. The van der Waals surface area contributed by atoms with Crippen molar-refractivity contribution in [1.29, 1.82) is 0 Å². The zero-order chi connectivity index (χ0) is 21.4. The summed E-state index contributed by atoms with van der Waals surface area (Å²) in [7, 11) is 0. The zero-order valence-corrected chi connectivity index (χ0v) is 17.2. The second-order valence-corrected chi connectivity index (χ2v) is 6.49. The molecule has 28 heavy (non-hydrogen) atoms. The van der Waals surface area contributed by atoms with Crippen molar-refractivity contribution < 1.29 is 19.1 Å². The standard InChI is InChI=1S/C24H34O4/c1-7-11-13-15-21(9-3)19(5)27-23(25)17-18-24(26)28-20(6)22(10-4)16-14-12-8-2/h7-14,19-22H,1-4,15-18H2,5-6H3/b13-11+,14-12+. The van der Waals surface area contributed by atoms with Crippen LogP contribution in [0.3, 0.4) is 0 Å². The monoisotopic (exact) mass is 386 g/mol. The van der Waals surface area contributed by atoms with Crippen molar-refractivity contribution in [2.75, 3.05) is 0 Å². The van der Waals surface area contributed by atoms with Crippen LogP contribution in [0.25, 0.3) is 0 Å². The largest absolute Gasteiger partial charge is 0.462 e. The van der Waals surface area contributed by atoms with Gasteiger partial charge >= 0.3 is 11.9 Å². The summed E-state index contributed by atoms with van der Waals surface area (Å²) in [5.74, 6) is -0.843. The molecule has 0 saturated carbocycles. The molecule has 4 atom stereocenters. The van der Waals surface area contributed by atoms with Crippen molar-refractivity contribution >= 4 is 11.9 Å². The second-order valence-electron chi connectivity index (χ2n) is 6.49. The Morgan fingerprint density at radius 2 is 1.11 bits per heavy atom. The Balaban J connectivity index is 4.39. The van der Waals surface area contributed by atoms with Crippen LogP contribution in [0, 0.1) is 11.8 Å². The number of ether oxygens (including phenoxy) is 2. The van der Waals surface area contributed by atoms with E-state index in [-0.39, 0.29) is 36.9 Å². The molecule has 0 aliphatic carbocycles. The van der Waals surface area contributed by atoms with Gasteiger partial charge in [-0.2, -0.15) is 0 Å². The third kappa shape index (κ3) is 11.2. The Kier molecular flexibility index (Phi) is 14.0. The van der Waals surface area contributed by atoms with Gasteiger partial charge in [-0.15, -0.1) is 13.2 Å². The van der Waals surface area contributed by atoms with E-state index in [0.29, 0.717) is 12.8 Å². The maximum Gasteiger partial charge on any atom is 0.306 e. The van der Waals surface area contributed by atoms with Gasteiger partial charge in [-0.3, -0.25) is 9.59 Å². The molecule has 0 amide bonds. The van der Waals surface area contributed by atoms with Gasteiger partial charge < -0.3 is 9.47 Å². The van der Waals surface area contributed by atoms with Crippen LogP contribution in [0.1, 0.15) is 39.5 Å². The van der Waals surface area contributed by atoms with Crippen LogP contribution in [-0.4, -0.2) is 24.1 Å². The first-order valence-electron chi connectivity index (χ1n) is 9.58. The maximum absolute atomic E-state index is 12.0. The van der Waals surface area contributed by atoms with E-state index in [0.717, 1.165) is 0 Å². The molecule has 0 aromatic heterocycles. The molecule has 4 heteroatoms. The molecular formula is C24H34O4. The minimum atomic E-state index is -0.425. The lowest BCUT2D eigenvalue weighted by atomic mass is 9.99. The predicted molar refractivity (Wildman–Crippen MR) is 116 cm³/mol. The van der Waals surface area contributed by atoms with E-state index in [1.165, 1.54) is 0 Å². The quantitative estimate of drug-likeness (QED) is 0.212. The molecule has 0 aliphatic rings. The smallest absolute Gasteiger partial charge is 0.306 e. The summed E-state index contributed by atoms with van der Waals surface area (Å²) < 4.78 is 10.8. The Labute approximate surface area is 170 Å². The highest BCUT2D eigenvalue weighted by atomic mass is 16.5. The summed E-state index contributed by atoms with van der Waals surface area (Å²) in [5, 5.41) is 0. The van der Waals surface area contributed by atoms with Crippen LogP contribution in [0.4, 0.5) is 0 Å². The van der Waals surface area contributed by atoms with E-state index >= 15 is 0 Å². The number of hydrogen-bond acceptors (Lipinski definition) is 4. The molecule has 154 valence electrons. The van der Waals surface area contributed by atoms with Gasteiger partial charge in [-0.1, -0.05) is 61.8 Å². The topological polar surface area (TPSA) is 52.6 Å². The minimum absolute atomic E-state index is 0.00379. The van der Waals surface area contributed by atoms with Crippen molar-refractivity contribution in [3.8, 4) is 0 Å². The van der Waals surface area contributed by atoms with Gasteiger partial charge in [0.15, 0.2) is 0 Å². The maximum atomic E-state index is 12.0. The molecule has 0 heterocycles.